The van der Waals surface area contributed by atoms with E-state index in [9.17, 15) is 4.79 Å². The van der Waals surface area contributed by atoms with E-state index in [1.807, 2.05) is 0 Å². The first kappa shape index (κ1) is 6.40. The number of unbranched alkanes of at least 4 members (excludes halogenated alkanes) is 1. The van der Waals surface area contributed by atoms with Gasteiger partial charge in [0.2, 0.25) is 0 Å². The molecule has 0 saturated carbocycles. The number of hydrogen-bond donors (Lipinski definition) is 0. The van der Waals surface area contributed by atoms with Crippen molar-refractivity contribution in [2.75, 3.05) is 4.43 Å². The normalized spacial score (nSPS) is 8.17. The van der Waals surface area contributed by atoms with Gasteiger partial charge in [-0.3, -0.25) is 0 Å². The second-order valence-corrected chi connectivity index (χ2v) is 2.08. The summed E-state index contributed by atoms with van der Waals surface area (Å²) in [4.78, 5) is 9.56. The third-order valence-corrected chi connectivity index (χ3v) is 1.22. The van der Waals surface area contributed by atoms with Gasteiger partial charge in [-0.1, -0.05) is 22.6 Å². The molecular formula is C4H7IO. The Kier molecular flexibility index (Phi) is 5.76. The quantitative estimate of drug-likeness (QED) is 0.290. The van der Waals surface area contributed by atoms with Gasteiger partial charge in [0.1, 0.15) is 6.29 Å². The van der Waals surface area contributed by atoms with Crippen molar-refractivity contribution < 1.29 is 4.79 Å². The maximum Gasteiger partial charge on any atom is 0.120 e. The third kappa shape index (κ3) is 4.40. The fourth-order valence-electron chi connectivity index (χ4n) is 0.160. The van der Waals surface area contributed by atoms with Crippen molar-refractivity contribution in [1.29, 1.82) is 0 Å². The summed E-state index contributed by atoms with van der Waals surface area (Å²) < 4.78 is 1.09. The smallest absolute Gasteiger partial charge is 0.120 e. The highest BCUT2D eigenvalue weighted by Crippen LogP contribution is 1.89. The molecule has 0 aromatic carbocycles. The third-order valence-electron chi connectivity index (χ3n) is 0.456. The van der Waals surface area contributed by atoms with Crippen LogP contribution in [0, 0.1) is 0 Å². The summed E-state index contributed by atoms with van der Waals surface area (Å²) in [5, 5.41) is 0. The molecule has 0 aliphatic heterocycles. The van der Waals surface area contributed by atoms with Gasteiger partial charge in [-0.05, 0) is 10.8 Å². The van der Waals surface area contributed by atoms with Crippen LogP contribution in [-0.4, -0.2) is 10.7 Å². The predicted octanol–water partition coefficient (Wildman–Crippen LogP) is 1.40. The second kappa shape index (κ2) is 5.40. The Balaban J connectivity index is 2.49. The first-order valence-corrected chi connectivity index (χ1v) is 3.44. The molecule has 0 spiro atoms. The van der Waals surface area contributed by atoms with E-state index >= 15 is 0 Å². The molecule has 0 amide bonds. The van der Waals surface area contributed by atoms with Crippen molar-refractivity contribution in [3.63, 3.8) is 0 Å². The van der Waals surface area contributed by atoms with Crippen LogP contribution in [-0.2, 0) is 4.79 Å². The molecule has 2 heteroatoms. The van der Waals surface area contributed by atoms with Gasteiger partial charge in [-0.2, -0.15) is 0 Å². The number of carbonyl (C=O) groups is 1. The van der Waals surface area contributed by atoms with Crippen molar-refractivity contribution in [2.45, 2.75) is 12.8 Å². The molecule has 0 aliphatic carbocycles. The molecule has 0 unspecified atom stereocenters. The van der Waals surface area contributed by atoms with Crippen LogP contribution in [0.1, 0.15) is 12.8 Å². The van der Waals surface area contributed by atoms with Crippen LogP contribution in [0.3, 0.4) is 0 Å². The summed E-state index contributed by atoms with van der Waals surface area (Å²) in [5.74, 6) is 0. The molecule has 0 fully saturated rings. The van der Waals surface area contributed by atoms with Gasteiger partial charge >= 0.3 is 0 Å². The van der Waals surface area contributed by atoms with Crippen LogP contribution in [0.15, 0.2) is 0 Å². The molecule has 0 radical (unpaired) electrons. The number of halogens is 1. The van der Waals surface area contributed by atoms with Crippen LogP contribution < -0.4 is 0 Å². The highest BCUT2D eigenvalue weighted by atomic mass is 127. The van der Waals surface area contributed by atoms with Crippen LogP contribution in [0.2, 0.25) is 0 Å². The lowest BCUT2D eigenvalue weighted by Crippen LogP contribution is -1.73. The van der Waals surface area contributed by atoms with E-state index in [0.717, 1.165) is 23.6 Å². The molecule has 0 aliphatic rings. The van der Waals surface area contributed by atoms with Crippen LogP contribution in [0.25, 0.3) is 0 Å². The summed E-state index contributed by atoms with van der Waals surface area (Å²) >= 11 is 2.25. The molecular weight excluding hydrogens is 191 g/mol. The lowest BCUT2D eigenvalue weighted by Gasteiger charge is -1.77. The first-order valence-electron chi connectivity index (χ1n) is 1.91. The van der Waals surface area contributed by atoms with Crippen LogP contribution >= 0.6 is 22.6 Å². The van der Waals surface area contributed by atoms with Crippen molar-refractivity contribution in [3.05, 3.63) is 0 Å². The van der Waals surface area contributed by atoms with Crippen molar-refractivity contribution >= 4 is 28.9 Å². The van der Waals surface area contributed by atoms with E-state index in [1.165, 1.54) is 0 Å². The van der Waals surface area contributed by atoms with Crippen LogP contribution in [0.4, 0.5) is 0 Å². The zero-order chi connectivity index (χ0) is 4.83. The molecule has 6 heavy (non-hydrogen) atoms. The van der Waals surface area contributed by atoms with E-state index in [-0.39, 0.29) is 0 Å². The average molecular weight is 198 g/mol. The predicted molar refractivity (Wildman–Crippen MR) is 34.2 cm³/mol. The van der Waals surface area contributed by atoms with Gasteiger partial charge in [0.15, 0.2) is 0 Å². The summed E-state index contributed by atoms with van der Waals surface area (Å²) in [6, 6.07) is 0. The molecule has 36 valence electrons. The zero-order valence-electron chi connectivity index (χ0n) is 3.48. The van der Waals surface area contributed by atoms with Gasteiger partial charge in [-0.15, -0.1) is 0 Å². The summed E-state index contributed by atoms with van der Waals surface area (Å²) in [7, 11) is 0. The summed E-state index contributed by atoms with van der Waals surface area (Å²) in [6.45, 7) is 0. The number of alkyl halides is 1. The topological polar surface area (TPSA) is 17.1 Å². The van der Waals surface area contributed by atoms with Crippen LogP contribution in [0.5, 0.6) is 0 Å². The van der Waals surface area contributed by atoms with Gasteiger partial charge in [0.05, 0.1) is 0 Å². The highest BCUT2D eigenvalue weighted by Gasteiger charge is 1.76. The van der Waals surface area contributed by atoms with E-state index in [1.54, 1.807) is 0 Å². The molecule has 0 heterocycles. The highest BCUT2D eigenvalue weighted by molar-refractivity contribution is 14.1. The Bertz CT molecular complexity index is 36.5. The Hall–Kier alpha value is 0.400. The van der Waals surface area contributed by atoms with E-state index in [4.69, 9.17) is 0 Å². The lowest BCUT2D eigenvalue weighted by atomic mass is 10.4. The standard InChI is InChI=1S/C4H7IO/c5-3-1-2-4-6/h4H,1-3H2. The fraction of sp³-hybridized carbons (Fsp3) is 0.750. The Morgan fingerprint density at radius 2 is 2.33 bits per heavy atom. The SMILES string of the molecule is O=CCCCI. The largest absolute Gasteiger partial charge is 0.303 e. The number of carbonyl (C=O) groups excluding carboxylic acids is 1. The van der Waals surface area contributed by atoms with E-state index in [2.05, 4.69) is 22.6 Å². The lowest BCUT2D eigenvalue weighted by molar-refractivity contribution is -0.107. The van der Waals surface area contributed by atoms with Gasteiger partial charge in [-0.25, -0.2) is 0 Å². The number of aldehydes is 1. The Morgan fingerprint density at radius 1 is 1.67 bits per heavy atom. The fourth-order valence-corrected chi connectivity index (χ4v) is 0.601. The van der Waals surface area contributed by atoms with Gasteiger partial charge in [0, 0.05) is 6.42 Å². The van der Waals surface area contributed by atoms with Crippen molar-refractivity contribution in [2.24, 2.45) is 0 Å². The molecule has 0 bridgehead atoms. The Morgan fingerprint density at radius 3 is 2.50 bits per heavy atom. The summed E-state index contributed by atoms with van der Waals surface area (Å²) in [5.41, 5.74) is 0. The second-order valence-electron chi connectivity index (χ2n) is 0.998. The molecule has 0 atom stereocenters. The van der Waals surface area contributed by atoms with Gasteiger partial charge in [0.25, 0.3) is 0 Å². The average Bonchev–Trinajstić information content (AvgIpc) is 1.61. The molecule has 0 aromatic heterocycles. The monoisotopic (exact) mass is 198 g/mol. The van der Waals surface area contributed by atoms with Crippen molar-refractivity contribution in [1.82, 2.24) is 0 Å². The van der Waals surface area contributed by atoms with Crippen molar-refractivity contribution in [3.8, 4) is 0 Å². The molecule has 0 saturated heterocycles. The Labute approximate surface area is 51.3 Å². The number of rotatable bonds is 3. The summed E-state index contributed by atoms with van der Waals surface area (Å²) in [6.07, 6.45) is 2.71. The number of hydrogen-bond acceptors (Lipinski definition) is 1. The maximum absolute atomic E-state index is 9.56. The molecule has 0 rings (SSSR count). The maximum atomic E-state index is 9.56. The molecule has 1 nitrogen and oxygen atoms in total. The molecule has 0 aromatic rings. The van der Waals surface area contributed by atoms with Gasteiger partial charge < -0.3 is 4.79 Å². The van der Waals surface area contributed by atoms with E-state index < -0.39 is 0 Å². The first-order chi connectivity index (χ1) is 2.91. The minimum atomic E-state index is 0.725. The van der Waals surface area contributed by atoms with E-state index in [0.29, 0.717) is 0 Å². The minimum Gasteiger partial charge on any atom is -0.303 e. The minimum absolute atomic E-state index is 0.725. The molecule has 0 N–H and O–H groups in total. The zero-order valence-corrected chi connectivity index (χ0v) is 5.64.